The minimum atomic E-state index is -3.34. The van der Waals surface area contributed by atoms with Gasteiger partial charge in [-0.2, -0.15) is 0 Å². The molecule has 35 heavy (non-hydrogen) atoms. The van der Waals surface area contributed by atoms with Gasteiger partial charge in [-0.05, 0) is 29.2 Å². The van der Waals surface area contributed by atoms with Gasteiger partial charge in [0.2, 0.25) is 5.91 Å². The molecule has 4 rings (SSSR count). The number of methoxy groups -OCH3 is 1. The van der Waals surface area contributed by atoms with Crippen LogP contribution in [-0.4, -0.2) is 72.3 Å². The van der Waals surface area contributed by atoms with Crippen LogP contribution in [0.15, 0.2) is 48.5 Å². The topological polar surface area (TPSA) is 105 Å². The summed E-state index contributed by atoms with van der Waals surface area (Å²) < 4.78 is 38.4. The molecule has 1 fully saturated rings. The van der Waals surface area contributed by atoms with Crippen LogP contribution in [0.1, 0.15) is 30.4 Å². The van der Waals surface area contributed by atoms with E-state index in [9.17, 15) is 28.3 Å². The summed E-state index contributed by atoms with van der Waals surface area (Å²) in [6, 6.07) is 12.5. The number of carboxylic acid groups (broad SMARTS) is 1. The fourth-order valence-corrected chi connectivity index (χ4v) is 4.73. The van der Waals surface area contributed by atoms with E-state index in [1.165, 1.54) is 14.0 Å². The Balaban J connectivity index is 1.47. The Labute approximate surface area is 200 Å². The molecule has 10 heteroatoms. The van der Waals surface area contributed by atoms with Crippen LogP contribution in [0.5, 0.6) is 0 Å². The quantitative estimate of drug-likeness (QED) is 0.620. The molecule has 0 unspecified atom stereocenters. The molecule has 186 valence electrons. The van der Waals surface area contributed by atoms with Crippen LogP contribution in [0, 0.1) is 0 Å². The van der Waals surface area contributed by atoms with Crippen molar-refractivity contribution in [1.82, 2.24) is 10.2 Å². The van der Waals surface area contributed by atoms with Crippen molar-refractivity contribution in [2.45, 2.75) is 43.4 Å². The standard InChI is InChI=1S/C25H26F2N2O6/c1-14(34-2)21(22(30)29-13-25(26,27)11-20(29)23(31)32)28-24(33)35-12-19-17-9-5-3-7-15(17)16-8-4-6-10-18(16)19/h3-10,14,19-21H,11-13H2,1-2H3,(H,28,33)(H,31,32)/t14-,20-,21+/m1/s1. The summed E-state index contributed by atoms with van der Waals surface area (Å²) >= 11 is 0. The largest absolute Gasteiger partial charge is 0.480 e. The summed E-state index contributed by atoms with van der Waals surface area (Å²) in [5.74, 6) is -6.07. The van der Waals surface area contributed by atoms with Crippen LogP contribution in [0.2, 0.25) is 0 Å². The molecular weight excluding hydrogens is 462 g/mol. The van der Waals surface area contributed by atoms with Gasteiger partial charge in [-0.25, -0.2) is 18.4 Å². The van der Waals surface area contributed by atoms with Gasteiger partial charge in [0.25, 0.3) is 5.92 Å². The minimum Gasteiger partial charge on any atom is -0.480 e. The van der Waals surface area contributed by atoms with Crippen molar-refractivity contribution in [1.29, 1.82) is 0 Å². The highest BCUT2D eigenvalue weighted by atomic mass is 19.3. The number of hydrogen-bond donors (Lipinski definition) is 2. The third-order valence-electron chi connectivity index (χ3n) is 6.56. The Morgan fingerprint density at radius 3 is 2.23 bits per heavy atom. The lowest BCUT2D eigenvalue weighted by Crippen LogP contribution is -2.56. The highest BCUT2D eigenvalue weighted by Crippen LogP contribution is 2.44. The number of nitrogens with zero attached hydrogens (tertiary/aromatic N) is 1. The Bertz CT molecular complexity index is 1090. The van der Waals surface area contributed by atoms with E-state index in [4.69, 9.17) is 9.47 Å². The molecule has 2 N–H and O–H groups in total. The van der Waals surface area contributed by atoms with E-state index in [0.29, 0.717) is 4.90 Å². The number of fused-ring (bicyclic) bond motifs is 3. The van der Waals surface area contributed by atoms with Crippen molar-refractivity contribution >= 4 is 18.0 Å². The van der Waals surface area contributed by atoms with Gasteiger partial charge in [0.05, 0.1) is 12.6 Å². The molecule has 1 aliphatic carbocycles. The summed E-state index contributed by atoms with van der Waals surface area (Å²) in [6.07, 6.45) is -2.86. The Morgan fingerprint density at radius 2 is 1.69 bits per heavy atom. The number of ether oxygens (including phenoxy) is 2. The zero-order chi connectivity index (χ0) is 25.3. The minimum absolute atomic E-state index is 0.0122. The van der Waals surface area contributed by atoms with Crippen LogP contribution in [0.3, 0.4) is 0 Å². The van der Waals surface area contributed by atoms with Crippen LogP contribution in [-0.2, 0) is 19.1 Å². The monoisotopic (exact) mass is 488 g/mol. The fourth-order valence-electron chi connectivity index (χ4n) is 4.73. The smallest absolute Gasteiger partial charge is 0.407 e. The molecule has 2 amide bonds. The first kappa shape index (κ1) is 24.6. The molecule has 3 atom stereocenters. The second-order valence-electron chi connectivity index (χ2n) is 8.77. The lowest BCUT2D eigenvalue weighted by Gasteiger charge is -2.29. The van der Waals surface area contributed by atoms with Gasteiger partial charge in [0.15, 0.2) is 0 Å². The molecule has 0 bridgehead atoms. The van der Waals surface area contributed by atoms with Crippen molar-refractivity contribution in [2.75, 3.05) is 20.3 Å². The number of benzene rings is 2. The number of halogens is 2. The first-order chi connectivity index (χ1) is 16.6. The summed E-state index contributed by atoms with van der Waals surface area (Å²) in [5.41, 5.74) is 4.10. The van der Waals surface area contributed by atoms with Crippen molar-refractivity contribution in [3.8, 4) is 11.1 Å². The zero-order valence-corrected chi connectivity index (χ0v) is 19.2. The van der Waals surface area contributed by atoms with Crippen molar-refractivity contribution in [2.24, 2.45) is 0 Å². The van der Waals surface area contributed by atoms with Gasteiger partial charge in [-0.1, -0.05) is 48.5 Å². The van der Waals surface area contributed by atoms with E-state index >= 15 is 0 Å². The molecular formula is C25H26F2N2O6. The van der Waals surface area contributed by atoms with Gasteiger partial charge in [-0.15, -0.1) is 0 Å². The predicted octanol–water partition coefficient (Wildman–Crippen LogP) is 3.25. The van der Waals surface area contributed by atoms with E-state index in [-0.39, 0.29) is 12.5 Å². The second-order valence-corrected chi connectivity index (χ2v) is 8.77. The third kappa shape index (κ3) is 4.84. The summed E-state index contributed by atoms with van der Waals surface area (Å²) in [4.78, 5) is 37.8. The number of nitrogens with one attached hydrogen (secondary N) is 1. The van der Waals surface area contributed by atoms with E-state index < -0.39 is 55.0 Å². The van der Waals surface area contributed by atoms with Crippen LogP contribution >= 0.6 is 0 Å². The highest BCUT2D eigenvalue weighted by molar-refractivity contribution is 5.90. The maximum absolute atomic E-state index is 13.9. The summed E-state index contributed by atoms with van der Waals surface area (Å²) in [6.45, 7) is 0.403. The summed E-state index contributed by atoms with van der Waals surface area (Å²) in [7, 11) is 1.29. The number of rotatable bonds is 7. The number of carbonyl (C=O) groups is 3. The van der Waals surface area contributed by atoms with Crippen LogP contribution in [0.25, 0.3) is 11.1 Å². The number of alkyl carbamates (subject to hydrolysis) is 1. The van der Waals surface area contributed by atoms with E-state index in [1.54, 1.807) is 0 Å². The molecule has 2 aliphatic rings. The van der Waals surface area contributed by atoms with Crippen LogP contribution < -0.4 is 5.32 Å². The molecule has 0 saturated carbocycles. The third-order valence-corrected chi connectivity index (χ3v) is 6.56. The maximum Gasteiger partial charge on any atom is 0.407 e. The Morgan fingerprint density at radius 1 is 1.11 bits per heavy atom. The van der Waals surface area contributed by atoms with Crippen molar-refractivity contribution in [3.05, 3.63) is 59.7 Å². The SMILES string of the molecule is CO[C@H](C)[C@H](NC(=O)OCC1c2ccccc2-c2ccccc21)C(=O)N1CC(F)(F)C[C@@H]1C(=O)O. The van der Waals surface area contributed by atoms with Gasteiger partial charge in [0.1, 0.15) is 18.7 Å². The lowest BCUT2D eigenvalue weighted by atomic mass is 9.98. The molecule has 2 aromatic carbocycles. The molecule has 8 nitrogen and oxygen atoms in total. The molecule has 2 aromatic rings. The average Bonchev–Trinajstić information content (AvgIpc) is 3.34. The Kier molecular flexibility index (Phi) is 6.75. The number of hydrogen-bond acceptors (Lipinski definition) is 5. The van der Waals surface area contributed by atoms with E-state index in [0.717, 1.165) is 22.3 Å². The number of carbonyl (C=O) groups excluding carboxylic acids is 2. The summed E-state index contributed by atoms with van der Waals surface area (Å²) in [5, 5.41) is 11.7. The van der Waals surface area contributed by atoms with Crippen molar-refractivity contribution < 1.29 is 37.7 Å². The predicted molar refractivity (Wildman–Crippen MR) is 121 cm³/mol. The van der Waals surface area contributed by atoms with Gasteiger partial charge in [-0.3, -0.25) is 4.79 Å². The molecule has 1 aliphatic heterocycles. The normalized spacial score (nSPS) is 20.0. The second kappa shape index (κ2) is 9.61. The Hall–Kier alpha value is -3.53. The molecule has 0 aromatic heterocycles. The first-order valence-electron chi connectivity index (χ1n) is 11.2. The van der Waals surface area contributed by atoms with Gasteiger partial charge >= 0.3 is 12.1 Å². The number of carboxylic acids is 1. The molecule has 1 heterocycles. The average molecular weight is 488 g/mol. The fraction of sp³-hybridized carbons (Fsp3) is 0.400. The maximum atomic E-state index is 13.9. The number of likely N-dealkylation sites (tertiary alicyclic amines) is 1. The molecule has 1 saturated heterocycles. The molecule has 0 spiro atoms. The van der Waals surface area contributed by atoms with Gasteiger partial charge in [0, 0.05) is 19.4 Å². The van der Waals surface area contributed by atoms with Crippen molar-refractivity contribution in [3.63, 3.8) is 0 Å². The number of aliphatic carboxylic acids is 1. The number of amides is 2. The number of alkyl halides is 2. The highest BCUT2D eigenvalue weighted by Gasteiger charge is 2.52. The van der Waals surface area contributed by atoms with E-state index in [2.05, 4.69) is 5.32 Å². The van der Waals surface area contributed by atoms with E-state index in [1.807, 2.05) is 48.5 Å². The van der Waals surface area contributed by atoms with Gasteiger partial charge < -0.3 is 24.8 Å². The molecule has 0 radical (unpaired) electrons. The lowest BCUT2D eigenvalue weighted by molar-refractivity contribution is -0.150. The first-order valence-corrected chi connectivity index (χ1v) is 11.2. The van der Waals surface area contributed by atoms with Crippen LogP contribution in [0.4, 0.5) is 13.6 Å². The zero-order valence-electron chi connectivity index (χ0n) is 19.2.